The Bertz CT molecular complexity index is 289. The number of hydrogen-bond acceptors (Lipinski definition) is 2. The van der Waals surface area contributed by atoms with E-state index < -0.39 is 8.32 Å². The zero-order chi connectivity index (χ0) is 14.2. The summed E-state index contributed by atoms with van der Waals surface area (Å²) in [4.78, 5) is 0. The minimum absolute atomic E-state index is 0.202. The molecular weight excluding hydrogens is 238 g/mol. The lowest BCUT2D eigenvalue weighted by Gasteiger charge is -2.54. The van der Waals surface area contributed by atoms with Crippen molar-refractivity contribution in [1.82, 2.24) is 5.32 Å². The van der Waals surface area contributed by atoms with Gasteiger partial charge in [0.15, 0.2) is 8.32 Å². The van der Waals surface area contributed by atoms with E-state index in [0.29, 0.717) is 12.0 Å². The number of piperidine rings is 1. The van der Waals surface area contributed by atoms with Crippen molar-refractivity contribution in [3.05, 3.63) is 0 Å². The third kappa shape index (κ3) is 3.58. The van der Waals surface area contributed by atoms with Gasteiger partial charge in [-0.3, -0.25) is 0 Å². The summed E-state index contributed by atoms with van der Waals surface area (Å²) in [6.07, 6.45) is 3.88. The summed E-state index contributed by atoms with van der Waals surface area (Å²) in [5.74, 6) is 0.578. The van der Waals surface area contributed by atoms with Crippen LogP contribution in [0, 0.1) is 5.92 Å². The zero-order valence-corrected chi connectivity index (χ0v) is 14.7. The van der Waals surface area contributed by atoms with E-state index in [1.807, 2.05) is 0 Å². The number of nitrogens with one attached hydrogen (secondary N) is 1. The first-order valence-electron chi connectivity index (χ1n) is 7.52. The van der Waals surface area contributed by atoms with Crippen molar-refractivity contribution >= 4 is 8.32 Å². The maximum Gasteiger partial charge on any atom is 0.184 e. The monoisotopic (exact) mass is 271 g/mol. The highest BCUT2D eigenvalue weighted by atomic mass is 28.4. The van der Waals surface area contributed by atoms with E-state index in [0.717, 1.165) is 12.8 Å². The molecule has 1 saturated heterocycles. The molecule has 1 N–H and O–H groups in total. The SMILES string of the molecule is CCC1(C)CC(O[Si](C)(C)C)C(C)C(C)(CC)N1. The van der Waals surface area contributed by atoms with Gasteiger partial charge in [-0.1, -0.05) is 20.8 Å². The Morgan fingerprint density at radius 1 is 1.17 bits per heavy atom. The molecule has 0 spiro atoms. The van der Waals surface area contributed by atoms with Crippen LogP contribution in [-0.2, 0) is 4.43 Å². The highest BCUT2D eigenvalue weighted by Crippen LogP contribution is 2.39. The molecule has 108 valence electrons. The van der Waals surface area contributed by atoms with Gasteiger partial charge < -0.3 is 9.74 Å². The molecule has 1 aliphatic heterocycles. The molecule has 4 unspecified atom stereocenters. The fourth-order valence-electron chi connectivity index (χ4n) is 3.13. The second-order valence-electron chi connectivity index (χ2n) is 7.57. The highest BCUT2D eigenvalue weighted by molar-refractivity contribution is 6.69. The van der Waals surface area contributed by atoms with Crippen LogP contribution in [0.25, 0.3) is 0 Å². The van der Waals surface area contributed by atoms with E-state index in [1.54, 1.807) is 0 Å². The average Bonchev–Trinajstić information content (AvgIpc) is 2.23. The molecule has 0 saturated carbocycles. The van der Waals surface area contributed by atoms with Crippen LogP contribution in [-0.4, -0.2) is 25.5 Å². The first-order valence-corrected chi connectivity index (χ1v) is 10.9. The van der Waals surface area contributed by atoms with E-state index in [4.69, 9.17) is 4.43 Å². The van der Waals surface area contributed by atoms with Crippen molar-refractivity contribution in [1.29, 1.82) is 0 Å². The van der Waals surface area contributed by atoms with Gasteiger partial charge in [0, 0.05) is 11.1 Å². The molecule has 2 nitrogen and oxygen atoms in total. The molecule has 0 aromatic rings. The van der Waals surface area contributed by atoms with E-state index >= 15 is 0 Å². The number of rotatable bonds is 4. The highest BCUT2D eigenvalue weighted by Gasteiger charge is 2.47. The van der Waals surface area contributed by atoms with Crippen LogP contribution in [0.5, 0.6) is 0 Å². The van der Waals surface area contributed by atoms with E-state index in [9.17, 15) is 0 Å². The van der Waals surface area contributed by atoms with Crippen molar-refractivity contribution in [3.63, 3.8) is 0 Å². The summed E-state index contributed by atoms with van der Waals surface area (Å²) < 4.78 is 6.48. The third-order valence-electron chi connectivity index (χ3n) is 4.82. The molecule has 0 aromatic carbocycles. The van der Waals surface area contributed by atoms with Crippen LogP contribution in [0.15, 0.2) is 0 Å². The smallest absolute Gasteiger partial charge is 0.184 e. The fraction of sp³-hybridized carbons (Fsp3) is 1.00. The Balaban J connectivity index is 2.96. The van der Waals surface area contributed by atoms with Crippen molar-refractivity contribution in [2.24, 2.45) is 5.92 Å². The van der Waals surface area contributed by atoms with Crippen LogP contribution in [0.1, 0.15) is 53.9 Å². The van der Waals surface area contributed by atoms with Gasteiger partial charge in [0.1, 0.15) is 0 Å². The van der Waals surface area contributed by atoms with E-state index in [2.05, 4.69) is 59.6 Å². The minimum atomic E-state index is -1.46. The topological polar surface area (TPSA) is 21.3 Å². The van der Waals surface area contributed by atoms with Crippen molar-refractivity contribution in [2.45, 2.75) is 90.7 Å². The van der Waals surface area contributed by atoms with Gasteiger partial charge >= 0.3 is 0 Å². The van der Waals surface area contributed by atoms with Gasteiger partial charge in [-0.15, -0.1) is 0 Å². The molecule has 0 aliphatic carbocycles. The van der Waals surface area contributed by atoms with Crippen molar-refractivity contribution < 1.29 is 4.43 Å². The quantitative estimate of drug-likeness (QED) is 0.775. The Labute approximate surface area is 115 Å². The predicted molar refractivity (Wildman–Crippen MR) is 82.5 cm³/mol. The summed E-state index contributed by atoms with van der Waals surface area (Å²) in [5, 5.41) is 3.91. The van der Waals surface area contributed by atoms with Gasteiger partial charge in [0.2, 0.25) is 0 Å². The van der Waals surface area contributed by atoms with Gasteiger partial charge in [0.25, 0.3) is 0 Å². The fourth-order valence-corrected chi connectivity index (χ4v) is 4.32. The molecule has 0 bridgehead atoms. The molecule has 1 aliphatic rings. The number of hydrogen-bond donors (Lipinski definition) is 1. The molecule has 4 atom stereocenters. The lowest BCUT2D eigenvalue weighted by Crippen LogP contribution is -2.66. The largest absolute Gasteiger partial charge is 0.414 e. The zero-order valence-electron chi connectivity index (χ0n) is 13.7. The Morgan fingerprint density at radius 3 is 2.11 bits per heavy atom. The Morgan fingerprint density at radius 2 is 1.72 bits per heavy atom. The Kier molecular flexibility index (Phi) is 4.73. The minimum Gasteiger partial charge on any atom is -0.414 e. The van der Waals surface area contributed by atoms with Crippen LogP contribution in [0.3, 0.4) is 0 Å². The third-order valence-corrected chi connectivity index (χ3v) is 5.83. The molecule has 1 heterocycles. The van der Waals surface area contributed by atoms with Crippen LogP contribution >= 0.6 is 0 Å². The first kappa shape index (κ1) is 16.2. The molecule has 0 radical (unpaired) electrons. The van der Waals surface area contributed by atoms with Crippen molar-refractivity contribution in [2.75, 3.05) is 0 Å². The average molecular weight is 272 g/mol. The molecule has 18 heavy (non-hydrogen) atoms. The molecular formula is C15H33NOSi. The first-order chi connectivity index (χ1) is 8.05. The maximum atomic E-state index is 6.48. The lowest BCUT2D eigenvalue weighted by atomic mass is 9.70. The summed E-state index contributed by atoms with van der Waals surface area (Å²) in [5.41, 5.74) is 0.426. The summed E-state index contributed by atoms with van der Waals surface area (Å²) in [7, 11) is -1.46. The van der Waals surface area contributed by atoms with Gasteiger partial charge in [0.05, 0.1) is 6.10 Å². The summed E-state index contributed by atoms with van der Waals surface area (Å²) in [6, 6.07) is 0. The van der Waals surface area contributed by atoms with Crippen LogP contribution in [0.4, 0.5) is 0 Å². The van der Waals surface area contributed by atoms with E-state index in [1.165, 1.54) is 6.42 Å². The second-order valence-corrected chi connectivity index (χ2v) is 12.0. The van der Waals surface area contributed by atoms with Crippen LogP contribution < -0.4 is 5.32 Å². The summed E-state index contributed by atoms with van der Waals surface area (Å²) in [6.45, 7) is 18.5. The second kappa shape index (κ2) is 5.26. The van der Waals surface area contributed by atoms with Crippen molar-refractivity contribution in [3.8, 4) is 0 Å². The Hall–Kier alpha value is 0.137. The molecule has 1 fully saturated rings. The lowest BCUT2D eigenvalue weighted by molar-refractivity contribution is -0.0178. The molecule has 0 amide bonds. The maximum absolute atomic E-state index is 6.48. The predicted octanol–water partition coefficient (Wildman–Crippen LogP) is 4.17. The normalized spacial score (nSPS) is 42.0. The van der Waals surface area contributed by atoms with Gasteiger partial charge in [-0.2, -0.15) is 0 Å². The van der Waals surface area contributed by atoms with E-state index in [-0.39, 0.29) is 11.1 Å². The molecule has 3 heteroatoms. The summed E-state index contributed by atoms with van der Waals surface area (Å²) >= 11 is 0. The molecule has 1 rings (SSSR count). The van der Waals surface area contributed by atoms with Gasteiger partial charge in [-0.25, -0.2) is 0 Å². The standard InChI is InChI=1S/C15H33NOSi/c1-9-14(4)11-13(17-18(6,7)8)12(3)15(5,10-2)16-14/h12-13,16H,9-11H2,1-8H3. The molecule has 0 aromatic heterocycles. The van der Waals surface area contributed by atoms with Crippen LogP contribution in [0.2, 0.25) is 19.6 Å². The van der Waals surface area contributed by atoms with Gasteiger partial charge in [-0.05, 0) is 58.7 Å².